The summed E-state index contributed by atoms with van der Waals surface area (Å²) in [6.45, 7) is 1.36. The number of hydrogen-bond donors (Lipinski definition) is 2. The number of aromatic carboxylic acids is 1. The van der Waals surface area contributed by atoms with E-state index in [1.807, 2.05) is 0 Å². The third-order valence-electron chi connectivity index (χ3n) is 2.45. The molecule has 110 valence electrons. The van der Waals surface area contributed by atoms with Crippen LogP contribution in [-0.4, -0.2) is 34.6 Å². The predicted octanol–water partition coefficient (Wildman–Crippen LogP) is 0.810. The smallest absolute Gasteiger partial charge is 0.346 e. The van der Waals surface area contributed by atoms with Gasteiger partial charge in [-0.2, -0.15) is 0 Å². The summed E-state index contributed by atoms with van der Waals surface area (Å²) in [6, 6.07) is 3.55. The van der Waals surface area contributed by atoms with E-state index in [1.54, 1.807) is 0 Å². The van der Waals surface area contributed by atoms with E-state index in [-0.39, 0.29) is 12.3 Å². The molecule has 0 radical (unpaired) electrons. The maximum absolute atomic E-state index is 11.6. The van der Waals surface area contributed by atoms with Crippen LogP contribution >= 0.6 is 0 Å². The van der Waals surface area contributed by atoms with Crippen molar-refractivity contribution in [2.75, 3.05) is 6.54 Å². The summed E-state index contributed by atoms with van der Waals surface area (Å²) in [5.74, 6) is -0.143. The third kappa shape index (κ3) is 3.94. The van der Waals surface area contributed by atoms with Crippen molar-refractivity contribution in [3.05, 3.63) is 33.9 Å². The largest absolute Gasteiger partial charge is 0.480 e. The Bertz CT molecular complexity index is 620. The number of hydrogen-bond acceptors (Lipinski definition) is 5. The summed E-state index contributed by atoms with van der Waals surface area (Å²) in [6.07, 6.45) is 3.93. The number of carbonyl (C=O) groups is 2. The topological polar surface area (TPSA) is 119 Å². The fourth-order valence-corrected chi connectivity index (χ4v) is 1.51. The van der Waals surface area contributed by atoms with E-state index in [2.05, 4.69) is 11.2 Å². The van der Waals surface area contributed by atoms with Crippen molar-refractivity contribution in [1.82, 2.24) is 5.32 Å². The van der Waals surface area contributed by atoms with Gasteiger partial charge in [-0.1, -0.05) is 12.0 Å². The first-order valence-electron chi connectivity index (χ1n) is 5.77. The van der Waals surface area contributed by atoms with Gasteiger partial charge >= 0.3 is 5.97 Å². The number of carboxylic acid groups (broad SMARTS) is 1. The third-order valence-corrected chi connectivity index (χ3v) is 2.45. The number of nitro benzene ring substituents is 1. The van der Waals surface area contributed by atoms with Gasteiger partial charge in [0.1, 0.15) is 5.75 Å². The Morgan fingerprint density at radius 3 is 2.76 bits per heavy atom. The zero-order valence-electron chi connectivity index (χ0n) is 11.0. The Kier molecular flexibility index (Phi) is 5.25. The van der Waals surface area contributed by atoms with Crippen LogP contribution in [0.3, 0.4) is 0 Å². The van der Waals surface area contributed by atoms with Crippen molar-refractivity contribution >= 4 is 17.6 Å². The standard InChI is InChI=1S/C13H12N2O6/c1-3-7-14-12(16)8(2)21-10-6-4-5-9(15(19)20)11(10)13(17)18/h1,4-6,8H,7H2,2H3,(H,14,16)(H,17,18). The van der Waals surface area contributed by atoms with Crippen molar-refractivity contribution in [2.24, 2.45) is 0 Å². The molecule has 0 saturated carbocycles. The first kappa shape index (κ1) is 16.0. The van der Waals surface area contributed by atoms with E-state index in [0.29, 0.717) is 0 Å². The van der Waals surface area contributed by atoms with Gasteiger partial charge in [0.15, 0.2) is 11.7 Å². The van der Waals surface area contributed by atoms with E-state index >= 15 is 0 Å². The molecule has 1 amide bonds. The molecule has 0 aliphatic rings. The van der Waals surface area contributed by atoms with Crippen LogP contribution in [0.1, 0.15) is 17.3 Å². The lowest BCUT2D eigenvalue weighted by Gasteiger charge is -2.15. The Morgan fingerprint density at radius 2 is 2.24 bits per heavy atom. The highest BCUT2D eigenvalue weighted by Crippen LogP contribution is 2.29. The molecule has 1 aromatic rings. The molecule has 1 aromatic carbocycles. The van der Waals surface area contributed by atoms with Crippen LogP contribution in [-0.2, 0) is 4.79 Å². The van der Waals surface area contributed by atoms with Gasteiger partial charge in [0.05, 0.1) is 11.5 Å². The Morgan fingerprint density at radius 1 is 1.57 bits per heavy atom. The average Bonchev–Trinajstić information content (AvgIpc) is 2.43. The van der Waals surface area contributed by atoms with Gasteiger partial charge < -0.3 is 15.2 Å². The number of carboxylic acids is 1. The van der Waals surface area contributed by atoms with Crippen molar-refractivity contribution in [3.63, 3.8) is 0 Å². The average molecular weight is 292 g/mol. The van der Waals surface area contributed by atoms with Crippen LogP contribution in [0.15, 0.2) is 18.2 Å². The second kappa shape index (κ2) is 6.91. The van der Waals surface area contributed by atoms with Crippen molar-refractivity contribution in [1.29, 1.82) is 0 Å². The minimum atomic E-state index is -1.52. The molecule has 1 rings (SSSR count). The highest BCUT2D eigenvalue weighted by molar-refractivity contribution is 5.95. The van der Waals surface area contributed by atoms with Crippen LogP contribution < -0.4 is 10.1 Å². The van der Waals surface area contributed by atoms with Crippen LogP contribution in [0, 0.1) is 22.5 Å². The SMILES string of the molecule is C#CCNC(=O)C(C)Oc1cccc([N+](=O)[O-])c1C(=O)O. The minimum absolute atomic E-state index is 0.00669. The summed E-state index contributed by atoms with van der Waals surface area (Å²) in [4.78, 5) is 32.7. The molecule has 0 fully saturated rings. The molecule has 2 N–H and O–H groups in total. The molecule has 1 atom stereocenters. The monoisotopic (exact) mass is 292 g/mol. The number of nitrogens with zero attached hydrogens (tertiary/aromatic N) is 1. The molecule has 0 aliphatic carbocycles. The van der Waals surface area contributed by atoms with E-state index in [0.717, 1.165) is 6.07 Å². The second-order valence-electron chi connectivity index (χ2n) is 3.89. The number of carbonyl (C=O) groups excluding carboxylic acids is 1. The molecule has 0 bridgehead atoms. The fourth-order valence-electron chi connectivity index (χ4n) is 1.51. The minimum Gasteiger partial charge on any atom is -0.480 e. The van der Waals surface area contributed by atoms with Gasteiger partial charge in [0.2, 0.25) is 0 Å². The number of nitrogens with one attached hydrogen (secondary N) is 1. The maximum Gasteiger partial charge on any atom is 0.346 e. The zero-order valence-corrected chi connectivity index (χ0v) is 11.0. The number of nitro groups is 1. The van der Waals surface area contributed by atoms with Gasteiger partial charge in [-0.3, -0.25) is 14.9 Å². The lowest BCUT2D eigenvalue weighted by atomic mass is 10.1. The van der Waals surface area contributed by atoms with E-state index in [4.69, 9.17) is 16.3 Å². The molecular formula is C13H12N2O6. The summed E-state index contributed by atoms with van der Waals surface area (Å²) in [5.41, 5.74) is -1.23. The molecule has 8 nitrogen and oxygen atoms in total. The molecule has 0 saturated heterocycles. The lowest BCUT2D eigenvalue weighted by molar-refractivity contribution is -0.385. The van der Waals surface area contributed by atoms with Gasteiger partial charge in [0.25, 0.3) is 11.6 Å². The molecule has 0 aliphatic heterocycles. The molecule has 0 spiro atoms. The molecule has 1 unspecified atom stereocenters. The fraction of sp³-hybridized carbons (Fsp3) is 0.231. The van der Waals surface area contributed by atoms with Crippen LogP contribution in [0.5, 0.6) is 5.75 Å². The van der Waals surface area contributed by atoms with Crippen molar-refractivity contribution in [2.45, 2.75) is 13.0 Å². The normalized spacial score (nSPS) is 11.0. The lowest BCUT2D eigenvalue weighted by Crippen LogP contribution is -2.36. The maximum atomic E-state index is 11.6. The quantitative estimate of drug-likeness (QED) is 0.455. The van der Waals surface area contributed by atoms with Crippen LogP contribution in [0.25, 0.3) is 0 Å². The second-order valence-corrected chi connectivity index (χ2v) is 3.89. The summed E-state index contributed by atoms with van der Waals surface area (Å²) >= 11 is 0. The number of ether oxygens (including phenoxy) is 1. The molecule has 0 heterocycles. The van der Waals surface area contributed by atoms with E-state index in [9.17, 15) is 19.7 Å². The van der Waals surface area contributed by atoms with E-state index < -0.39 is 34.2 Å². The summed E-state index contributed by atoms with van der Waals surface area (Å²) < 4.78 is 5.19. The first-order valence-corrected chi connectivity index (χ1v) is 5.77. The summed E-state index contributed by atoms with van der Waals surface area (Å²) in [7, 11) is 0. The Hall–Kier alpha value is -3.08. The van der Waals surface area contributed by atoms with Gasteiger partial charge in [-0.15, -0.1) is 6.42 Å². The van der Waals surface area contributed by atoms with Gasteiger partial charge in [0, 0.05) is 6.07 Å². The van der Waals surface area contributed by atoms with Crippen molar-refractivity contribution in [3.8, 4) is 18.1 Å². The van der Waals surface area contributed by atoms with Crippen molar-refractivity contribution < 1.29 is 24.4 Å². The zero-order chi connectivity index (χ0) is 16.0. The Labute approximate surface area is 119 Å². The molecule has 0 aromatic heterocycles. The number of benzene rings is 1. The molecule has 21 heavy (non-hydrogen) atoms. The van der Waals surface area contributed by atoms with Crippen LogP contribution in [0.2, 0.25) is 0 Å². The molecular weight excluding hydrogens is 280 g/mol. The summed E-state index contributed by atoms with van der Waals surface area (Å²) in [5, 5.41) is 22.3. The van der Waals surface area contributed by atoms with E-state index in [1.165, 1.54) is 19.1 Å². The van der Waals surface area contributed by atoms with Crippen LogP contribution in [0.4, 0.5) is 5.69 Å². The highest BCUT2D eigenvalue weighted by Gasteiger charge is 2.26. The van der Waals surface area contributed by atoms with Gasteiger partial charge in [-0.25, -0.2) is 4.79 Å². The van der Waals surface area contributed by atoms with Gasteiger partial charge in [-0.05, 0) is 13.0 Å². The number of terminal acetylenes is 1. The predicted molar refractivity (Wildman–Crippen MR) is 72.0 cm³/mol. The number of amides is 1. The highest BCUT2D eigenvalue weighted by atomic mass is 16.6. The first-order chi connectivity index (χ1) is 9.88. The molecule has 8 heteroatoms. The Balaban J connectivity index is 3.06. The number of rotatable bonds is 6.